The summed E-state index contributed by atoms with van der Waals surface area (Å²) in [6, 6.07) is 73.0. The smallest absolute Gasteiger partial charge is 0.164 e. The van der Waals surface area contributed by atoms with E-state index in [2.05, 4.69) is 180 Å². The lowest BCUT2D eigenvalue weighted by atomic mass is 10.0. The van der Waals surface area contributed by atoms with E-state index in [4.69, 9.17) is 19.4 Å². The lowest BCUT2D eigenvalue weighted by Crippen LogP contribution is -2.00. The highest BCUT2D eigenvalue weighted by molar-refractivity contribution is 6.20. The summed E-state index contributed by atoms with van der Waals surface area (Å²) in [4.78, 5) is 15.4. The first-order valence-electron chi connectivity index (χ1n) is 20.9. The van der Waals surface area contributed by atoms with Crippen LogP contribution in [-0.2, 0) is 0 Å². The lowest BCUT2D eigenvalue weighted by Gasteiger charge is -2.12. The van der Waals surface area contributed by atoms with Gasteiger partial charge in [0.25, 0.3) is 0 Å². The van der Waals surface area contributed by atoms with E-state index < -0.39 is 0 Å². The Bertz CT molecular complexity index is 3920. The van der Waals surface area contributed by atoms with Gasteiger partial charge in [-0.25, -0.2) is 15.0 Å². The lowest BCUT2D eigenvalue weighted by molar-refractivity contribution is 0.669. The third-order valence-corrected chi connectivity index (χ3v) is 12.4. The second-order valence-corrected chi connectivity index (χ2v) is 16.0. The monoisotopic (exact) mass is 790 g/mol. The Morgan fingerprint density at radius 1 is 0.339 bits per heavy atom. The standard InChI is InChI=1S/C57H34N4O/c1-2-12-40-32-43(25-22-35(40)10-1)56-58-55(59-57(60-56)48-17-9-19-52-53(48)47-16-7-8-18-51(47)62-52)39-23-20-36(21-24-39)37-26-29-44(30-27-37)61-50-34-42-14-4-3-13-41(42)33-49(50)46-31-28-38-11-5-6-15-45(38)54(46)61/h1-34H. The van der Waals surface area contributed by atoms with Gasteiger partial charge in [-0.1, -0.05) is 164 Å². The van der Waals surface area contributed by atoms with Crippen molar-refractivity contribution in [2.45, 2.75) is 0 Å². The van der Waals surface area contributed by atoms with Crippen LogP contribution in [0.4, 0.5) is 0 Å². The van der Waals surface area contributed by atoms with Gasteiger partial charge in [-0.15, -0.1) is 0 Å². The third kappa shape index (κ3) is 5.45. The highest BCUT2D eigenvalue weighted by Gasteiger charge is 2.19. The normalized spacial score (nSPS) is 11.9. The quantitative estimate of drug-likeness (QED) is 0.174. The van der Waals surface area contributed by atoms with Crippen LogP contribution < -0.4 is 0 Å². The van der Waals surface area contributed by atoms with Crippen molar-refractivity contribution >= 4 is 76.1 Å². The highest BCUT2D eigenvalue weighted by Crippen LogP contribution is 2.40. The van der Waals surface area contributed by atoms with Crippen LogP contribution in [0.3, 0.4) is 0 Å². The number of fused-ring (bicyclic) bond motifs is 10. The molecule has 5 heteroatoms. The summed E-state index contributed by atoms with van der Waals surface area (Å²) in [5, 5.41) is 11.8. The number of rotatable bonds is 5. The summed E-state index contributed by atoms with van der Waals surface area (Å²) < 4.78 is 8.71. The molecule has 0 saturated heterocycles. The first-order valence-corrected chi connectivity index (χ1v) is 20.9. The minimum absolute atomic E-state index is 0.598. The van der Waals surface area contributed by atoms with Crippen LogP contribution in [0.2, 0.25) is 0 Å². The van der Waals surface area contributed by atoms with Gasteiger partial charge in [0, 0.05) is 49.3 Å². The van der Waals surface area contributed by atoms with Crippen LogP contribution >= 0.6 is 0 Å². The molecule has 0 atom stereocenters. The van der Waals surface area contributed by atoms with Crippen LogP contribution in [0.25, 0.3) is 127 Å². The molecule has 0 unspecified atom stereocenters. The molecule has 0 aliphatic rings. The van der Waals surface area contributed by atoms with Crippen LogP contribution in [-0.4, -0.2) is 19.5 Å². The first-order chi connectivity index (χ1) is 30.7. The minimum Gasteiger partial charge on any atom is -0.456 e. The molecule has 0 N–H and O–H groups in total. The highest BCUT2D eigenvalue weighted by atomic mass is 16.3. The number of furan rings is 1. The maximum Gasteiger partial charge on any atom is 0.164 e. The molecule has 0 saturated carbocycles. The zero-order chi connectivity index (χ0) is 40.7. The van der Waals surface area contributed by atoms with Crippen molar-refractivity contribution in [1.82, 2.24) is 19.5 Å². The fourth-order valence-corrected chi connectivity index (χ4v) is 9.39. The molecule has 0 spiro atoms. The zero-order valence-corrected chi connectivity index (χ0v) is 33.3. The van der Waals surface area contributed by atoms with E-state index in [-0.39, 0.29) is 0 Å². The molecule has 0 bridgehead atoms. The van der Waals surface area contributed by atoms with Crippen LogP contribution in [0.5, 0.6) is 0 Å². The average molecular weight is 791 g/mol. The van der Waals surface area contributed by atoms with Crippen LogP contribution in [0.15, 0.2) is 211 Å². The van der Waals surface area contributed by atoms with E-state index in [1.54, 1.807) is 0 Å². The Morgan fingerprint density at radius 3 is 1.69 bits per heavy atom. The van der Waals surface area contributed by atoms with E-state index in [0.717, 1.165) is 60.8 Å². The van der Waals surface area contributed by atoms with Gasteiger partial charge < -0.3 is 8.98 Å². The van der Waals surface area contributed by atoms with Crippen molar-refractivity contribution in [2.75, 3.05) is 0 Å². The molecular formula is C57H34N4O. The second kappa shape index (κ2) is 13.6. The summed E-state index contributed by atoms with van der Waals surface area (Å²) in [5.41, 5.74) is 10.2. The average Bonchev–Trinajstić information content (AvgIpc) is 3.89. The molecule has 0 radical (unpaired) electrons. The Balaban J connectivity index is 0.917. The number of nitrogens with zero attached hydrogens (tertiary/aromatic N) is 4. The summed E-state index contributed by atoms with van der Waals surface area (Å²) in [7, 11) is 0. The van der Waals surface area contributed by atoms with Crippen LogP contribution in [0.1, 0.15) is 0 Å². The van der Waals surface area contributed by atoms with E-state index in [1.165, 1.54) is 48.7 Å². The molecular weight excluding hydrogens is 757 g/mol. The molecule has 10 aromatic carbocycles. The number of para-hydroxylation sites is 1. The fraction of sp³-hybridized carbons (Fsp3) is 0. The van der Waals surface area contributed by atoms with Gasteiger partial charge in [0.15, 0.2) is 17.5 Å². The fourth-order valence-electron chi connectivity index (χ4n) is 9.39. The largest absolute Gasteiger partial charge is 0.456 e. The SMILES string of the molecule is c1ccc2cc(-c3nc(-c4ccc(-c5ccc(-n6c7cc8ccccc8cc7c7ccc8ccccc8c76)cc5)cc4)nc(-c4cccc5oc6ccccc6c45)n3)ccc2c1. The van der Waals surface area contributed by atoms with Crippen molar-refractivity contribution < 1.29 is 4.42 Å². The van der Waals surface area contributed by atoms with Crippen molar-refractivity contribution in [3.8, 4) is 51.0 Å². The maximum atomic E-state index is 6.27. The summed E-state index contributed by atoms with van der Waals surface area (Å²) in [6.07, 6.45) is 0. The Hall–Kier alpha value is -8.41. The predicted molar refractivity (Wildman–Crippen MR) is 256 cm³/mol. The molecule has 0 fully saturated rings. The molecule has 0 amide bonds. The van der Waals surface area contributed by atoms with Gasteiger partial charge in [0.1, 0.15) is 11.2 Å². The molecule has 13 aromatic rings. The van der Waals surface area contributed by atoms with Gasteiger partial charge in [-0.2, -0.15) is 0 Å². The number of benzene rings is 10. The van der Waals surface area contributed by atoms with E-state index in [1.807, 2.05) is 30.3 Å². The van der Waals surface area contributed by atoms with E-state index >= 15 is 0 Å². The van der Waals surface area contributed by atoms with Gasteiger partial charge >= 0.3 is 0 Å². The summed E-state index contributed by atoms with van der Waals surface area (Å²) >= 11 is 0. The van der Waals surface area contributed by atoms with Crippen molar-refractivity contribution in [2.24, 2.45) is 0 Å². The van der Waals surface area contributed by atoms with Gasteiger partial charge in [-0.3, -0.25) is 0 Å². The third-order valence-electron chi connectivity index (χ3n) is 12.4. The number of hydrogen-bond donors (Lipinski definition) is 0. The molecule has 3 heterocycles. The Kier molecular flexibility index (Phi) is 7.54. The van der Waals surface area contributed by atoms with Crippen LogP contribution in [0, 0.1) is 0 Å². The molecule has 288 valence electrons. The van der Waals surface area contributed by atoms with Crippen molar-refractivity contribution in [3.05, 3.63) is 206 Å². The number of aromatic nitrogens is 4. The van der Waals surface area contributed by atoms with E-state index in [9.17, 15) is 0 Å². The minimum atomic E-state index is 0.598. The Morgan fingerprint density at radius 2 is 0.903 bits per heavy atom. The topological polar surface area (TPSA) is 56.7 Å². The molecule has 13 rings (SSSR count). The molecule has 5 nitrogen and oxygen atoms in total. The van der Waals surface area contributed by atoms with Gasteiger partial charge in [0.05, 0.1) is 11.0 Å². The molecule has 0 aliphatic heterocycles. The Labute approximate surface area is 355 Å². The van der Waals surface area contributed by atoms with Crippen molar-refractivity contribution in [3.63, 3.8) is 0 Å². The van der Waals surface area contributed by atoms with Gasteiger partial charge in [0.2, 0.25) is 0 Å². The predicted octanol–water partition coefficient (Wildman–Crippen LogP) is 15.0. The molecule has 0 aliphatic carbocycles. The molecule has 62 heavy (non-hydrogen) atoms. The first kappa shape index (κ1) is 34.5. The second-order valence-electron chi connectivity index (χ2n) is 16.0. The summed E-state index contributed by atoms with van der Waals surface area (Å²) in [5.74, 6) is 1.82. The van der Waals surface area contributed by atoms with Crippen molar-refractivity contribution in [1.29, 1.82) is 0 Å². The maximum absolute atomic E-state index is 6.27. The molecule has 3 aromatic heterocycles. The summed E-state index contributed by atoms with van der Waals surface area (Å²) in [6.45, 7) is 0. The zero-order valence-electron chi connectivity index (χ0n) is 33.3. The van der Waals surface area contributed by atoms with E-state index in [0.29, 0.717) is 17.5 Å². The number of hydrogen-bond acceptors (Lipinski definition) is 4. The van der Waals surface area contributed by atoms with Gasteiger partial charge in [-0.05, 0) is 80.5 Å².